The summed E-state index contributed by atoms with van der Waals surface area (Å²) < 4.78 is 6.72. The van der Waals surface area contributed by atoms with Crippen molar-refractivity contribution in [2.24, 2.45) is 0 Å². The first kappa shape index (κ1) is 24.9. The van der Waals surface area contributed by atoms with Crippen LogP contribution >= 0.6 is 0 Å². The van der Waals surface area contributed by atoms with E-state index < -0.39 is 0 Å². The molecular weight excluding hydrogens is 370 g/mol. The summed E-state index contributed by atoms with van der Waals surface area (Å²) in [6.07, 6.45) is 17.2. The molecule has 3 heteroatoms. The van der Waals surface area contributed by atoms with Gasteiger partial charge in [-0.15, -0.1) is 0 Å². The molecule has 0 amide bonds. The molecule has 0 bridgehead atoms. The highest BCUT2D eigenvalue weighted by Gasteiger charge is 2.37. The fourth-order valence-corrected chi connectivity index (χ4v) is 4.81. The Bertz CT molecular complexity index is 578. The average Bonchev–Trinajstić information content (AvgIpc) is 2.73. The molecule has 0 saturated heterocycles. The van der Waals surface area contributed by atoms with Crippen LogP contribution in [-0.4, -0.2) is 36.7 Å². The summed E-state index contributed by atoms with van der Waals surface area (Å²) in [7, 11) is 4.40. The van der Waals surface area contributed by atoms with Crippen molar-refractivity contribution in [1.82, 2.24) is 0 Å². The van der Waals surface area contributed by atoms with E-state index in [0.29, 0.717) is 4.48 Å². The lowest BCUT2D eigenvalue weighted by atomic mass is 9.97. The Kier molecular flexibility index (Phi) is 11.5. The van der Waals surface area contributed by atoms with Gasteiger partial charge in [0.2, 0.25) is 0 Å². The molecule has 0 radical (unpaired) electrons. The average molecular weight is 417 g/mol. The van der Waals surface area contributed by atoms with Crippen LogP contribution in [0.15, 0.2) is 30.3 Å². The number of ether oxygens (including phenoxy) is 1. The first-order valence-corrected chi connectivity index (χ1v) is 12.6. The summed E-state index contributed by atoms with van der Waals surface area (Å²) in [6.45, 7) is 3.13. The molecule has 30 heavy (non-hydrogen) atoms. The molecule has 1 aliphatic rings. The highest BCUT2D eigenvalue weighted by atomic mass is 16.5. The molecular formula is C27H46NO2+. The zero-order valence-corrected chi connectivity index (χ0v) is 19.9. The van der Waals surface area contributed by atoms with E-state index in [1.165, 1.54) is 69.8 Å². The number of hydrogen-bond donors (Lipinski definition) is 0. The molecule has 170 valence electrons. The summed E-state index contributed by atoms with van der Waals surface area (Å²) in [5.74, 6) is 0.0331. The predicted octanol–water partition coefficient (Wildman–Crippen LogP) is 7.04. The van der Waals surface area contributed by atoms with Crippen LogP contribution in [0.5, 0.6) is 0 Å². The number of nitrogens with zero attached hydrogens (tertiary/aromatic N) is 1. The van der Waals surface area contributed by atoms with E-state index in [4.69, 9.17) is 4.74 Å². The summed E-state index contributed by atoms with van der Waals surface area (Å²) >= 11 is 0. The first-order valence-electron chi connectivity index (χ1n) is 12.6. The minimum atomic E-state index is -0.0766. The zero-order chi connectivity index (χ0) is 21.7. The van der Waals surface area contributed by atoms with Crippen molar-refractivity contribution in [3.05, 3.63) is 35.9 Å². The normalized spacial score (nSPS) is 16.4. The number of quaternary nitrogens is 1. The molecule has 3 nitrogen and oxygen atoms in total. The molecule has 1 aliphatic carbocycles. The van der Waals surface area contributed by atoms with Gasteiger partial charge >= 0.3 is 5.97 Å². The Morgan fingerprint density at radius 3 is 2.17 bits per heavy atom. The van der Waals surface area contributed by atoms with E-state index in [9.17, 15) is 4.79 Å². The standard InChI is InChI=1S/C27H46NO2/c1-4-5-6-7-8-9-10-17-22-26(27(29)30-25-20-15-12-16-21-25)28(2,3)23-24-18-13-11-14-19-24/h11,13-14,18-19,25-26H,4-10,12,15-17,20-23H2,1-3H3/q+1/t26-/m1/s1. The van der Waals surface area contributed by atoms with Crippen LogP contribution in [0.2, 0.25) is 0 Å². The Morgan fingerprint density at radius 1 is 0.933 bits per heavy atom. The molecule has 1 fully saturated rings. The number of esters is 1. The third-order valence-electron chi connectivity index (χ3n) is 6.71. The molecule has 2 rings (SSSR count). The van der Waals surface area contributed by atoms with Crippen molar-refractivity contribution >= 4 is 5.97 Å². The third-order valence-corrected chi connectivity index (χ3v) is 6.71. The molecule has 0 spiro atoms. The van der Waals surface area contributed by atoms with Gasteiger partial charge in [-0.2, -0.15) is 0 Å². The Balaban J connectivity index is 1.90. The molecule has 0 N–H and O–H groups in total. The molecule has 0 unspecified atom stereocenters. The molecule has 1 aromatic carbocycles. The number of hydrogen-bond acceptors (Lipinski definition) is 2. The van der Waals surface area contributed by atoms with Gasteiger partial charge in [0.25, 0.3) is 0 Å². The van der Waals surface area contributed by atoms with Gasteiger partial charge < -0.3 is 9.22 Å². The maximum absolute atomic E-state index is 13.2. The van der Waals surface area contributed by atoms with E-state index in [-0.39, 0.29) is 18.1 Å². The van der Waals surface area contributed by atoms with Crippen LogP contribution in [0.1, 0.15) is 102 Å². The topological polar surface area (TPSA) is 26.3 Å². The third kappa shape index (κ3) is 9.20. The molecule has 0 aromatic heterocycles. The maximum atomic E-state index is 13.2. The van der Waals surface area contributed by atoms with Crippen LogP contribution in [-0.2, 0) is 16.1 Å². The fourth-order valence-electron chi connectivity index (χ4n) is 4.81. The van der Waals surface area contributed by atoms with Gasteiger partial charge in [-0.25, -0.2) is 4.79 Å². The minimum absolute atomic E-state index is 0.0331. The number of carbonyl (C=O) groups excluding carboxylic acids is 1. The predicted molar refractivity (Wildman–Crippen MR) is 126 cm³/mol. The van der Waals surface area contributed by atoms with E-state index >= 15 is 0 Å². The van der Waals surface area contributed by atoms with Crippen LogP contribution < -0.4 is 0 Å². The Labute approximate surface area is 185 Å². The fraction of sp³-hybridized carbons (Fsp3) is 0.741. The van der Waals surface area contributed by atoms with E-state index in [2.05, 4.69) is 51.4 Å². The van der Waals surface area contributed by atoms with Gasteiger partial charge in [-0.3, -0.25) is 0 Å². The van der Waals surface area contributed by atoms with Crippen molar-refractivity contribution in [1.29, 1.82) is 0 Å². The van der Waals surface area contributed by atoms with Gasteiger partial charge in [-0.05, 0) is 32.1 Å². The van der Waals surface area contributed by atoms with Crippen LogP contribution in [0, 0.1) is 0 Å². The van der Waals surface area contributed by atoms with Crippen LogP contribution in [0.25, 0.3) is 0 Å². The van der Waals surface area contributed by atoms with Gasteiger partial charge in [-0.1, -0.05) is 88.6 Å². The number of carbonyl (C=O) groups is 1. The number of likely N-dealkylation sites (N-methyl/N-ethyl adjacent to an activating group) is 1. The lowest BCUT2D eigenvalue weighted by molar-refractivity contribution is -0.920. The minimum Gasteiger partial charge on any atom is -0.458 e. The maximum Gasteiger partial charge on any atom is 0.365 e. The highest BCUT2D eigenvalue weighted by molar-refractivity contribution is 5.74. The molecule has 0 aliphatic heterocycles. The van der Waals surface area contributed by atoms with Gasteiger partial charge in [0.15, 0.2) is 6.04 Å². The highest BCUT2D eigenvalue weighted by Crippen LogP contribution is 2.25. The monoisotopic (exact) mass is 416 g/mol. The van der Waals surface area contributed by atoms with Crippen molar-refractivity contribution < 1.29 is 14.0 Å². The second-order valence-corrected chi connectivity index (χ2v) is 9.90. The largest absolute Gasteiger partial charge is 0.458 e. The molecule has 1 saturated carbocycles. The van der Waals surface area contributed by atoms with Crippen molar-refractivity contribution in [3.8, 4) is 0 Å². The molecule has 1 aromatic rings. The lowest BCUT2D eigenvalue weighted by Crippen LogP contribution is -2.53. The van der Waals surface area contributed by atoms with Crippen molar-refractivity contribution in [2.75, 3.05) is 14.1 Å². The second kappa shape index (κ2) is 13.9. The second-order valence-electron chi connectivity index (χ2n) is 9.90. The lowest BCUT2D eigenvalue weighted by Gasteiger charge is -2.37. The Hall–Kier alpha value is -1.35. The Morgan fingerprint density at radius 2 is 1.53 bits per heavy atom. The summed E-state index contributed by atoms with van der Waals surface area (Å²) in [5.41, 5.74) is 1.29. The summed E-state index contributed by atoms with van der Waals surface area (Å²) in [4.78, 5) is 13.2. The van der Waals surface area contributed by atoms with E-state index in [0.717, 1.165) is 32.2 Å². The molecule has 0 heterocycles. The van der Waals surface area contributed by atoms with Crippen molar-refractivity contribution in [3.63, 3.8) is 0 Å². The van der Waals surface area contributed by atoms with E-state index in [1.807, 2.05) is 0 Å². The SMILES string of the molecule is CCCCCCCCCC[C@H](C(=O)OC1CCCCC1)[N+](C)(C)Cc1ccccc1. The molecule has 1 atom stereocenters. The zero-order valence-electron chi connectivity index (χ0n) is 19.9. The van der Waals surface area contributed by atoms with Gasteiger partial charge in [0, 0.05) is 12.0 Å². The van der Waals surface area contributed by atoms with E-state index in [1.54, 1.807) is 0 Å². The number of unbranched alkanes of at least 4 members (excludes halogenated alkanes) is 7. The smallest absolute Gasteiger partial charge is 0.365 e. The van der Waals surface area contributed by atoms with Gasteiger partial charge in [0.1, 0.15) is 12.6 Å². The summed E-state index contributed by atoms with van der Waals surface area (Å²) in [6, 6.07) is 10.5. The first-order chi connectivity index (χ1) is 14.5. The quantitative estimate of drug-likeness (QED) is 0.185. The van der Waals surface area contributed by atoms with Crippen LogP contribution in [0.4, 0.5) is 0 Å². The van der Waals surface area contributed by atoms with Gasteiger partial charge in [0.05, 0.1) is 14.1 Å². The number of rotatable bonds is 14. The number of benzene rings is 1. The van der Waals surface area contributed by atoms with Crippen molar-refractivity contribution in [2.45, 2.75) is 116 Å². The summed E-state index contributed by atoms with van der Waals surface area (Å²) in [5, 5.41) is 0. The van der Waals surface area contributed by atoms with Crippen LogP contribution in [0.3, 0.4) is 0 Å².